The maximum Gasteiger partial charge on any atom is 0.192 e. The van der Waals surface area contributed by atoms with Crippen molar-refractivity contribution in [3.8, 4) is 5.75 Å². The van der Waals surface area contributed by atoms with E-state index < -0.39 is 0 Å². The molecule has 4 nitrogen and oxygen atoms in total. The van der Waals surface area contributed by atoms with E-state index >= 15 is 0 Å². The van der Waals surface area contributed by atoms with Crippen LogP contribution in [0, 0.1) is 0 Å². The van der Waals surface area contributed by atoms with Gasteiger partial charge in [0.05, 0.1) is 12.6 Å². The molecule has 130 valence electrons. The van der Waals surface area contributed by atoms with Gasteiger partial charge in [-0.15, -0.1) is 24.0 Å². The van der Waals surface area contributed by atoms with Crippen LogP contribution in [0.15, 0.2) is 53.5 Å². The van der Waals surface area contributed by atoms with Crippen LogP contribution in [0.5, 0.6) is 5.75 Å². The van der Waals surface area contributed by atoms with Crippen molar-refractivity contribution < 1.29 is 5.11 Å². The average Bonchev–Trinajstić information content (AvgIpc) is 2.54. The van der Waals surface area contributed by atoms with Gasteiger partial charge in [0.15, 0.2) is 5.96 Å². The zero-order valence-corrected chi connectivity index (χ0v) is 16.9. The minimum atomic E-state index is 0. The van der Waals surface area contributed by atoms with E-state index in [1.54, 1.807) is 12.1 Å². The predicted octanol–water partition coefficient (Wildman–Crippen LogP) is 4.48. The second kappa shape index (κ2) is 10.4. The fraction of sp³-hybridized carbons (Fsp3) is 0.278. The van der Waals surface area contributed by atoms with Crippen molar-refractivity contribution in [1.29, 1.82) is 0 Å². The van der Waals surface area contributed by atoms with Gasteiger partial charge in [-0.05, 0) is 49.2 Å². The highest BCUT2D eigenvalue weighted by molar-refractivity contribution is 14.0. The summed E-state index contributed by atoms with van der Waals surface area (Å²) in [4.78, 5) is 4.58. The fourth-order valence-corrected chi connectivity index (χ4v) is 2.35. The number of halogens is 2. The first-order valence-corrected chi connectivity index (χ1v) is 8.04. The maximum absolute atomic E-state index is 9.31. The van der Waals surface area contributed by atoms with E-state index in [0.717, 1.165) is 28.7 Å². The molecular weight excluding hydrogens is 437 g/mol. The van der Waals surface area contributed by atoms with Gasteiger partial charge in [0.25, 0.3) is 0 Å². The number of hydrogen-bond acceptors (Lipinski definition) is 2. The van der Waals surface area contributed by atoms with Crippen molar-refractivity contribution in [2.24, 2.45) is 4.99 Å². The van der Waals surface area contributed by atoms with Gasteiger partial charge in [-0.1, -0.05) is 35.9 Å². The van der Waals surface area contributed by atoms with E-state index in [-0.39, 0.29) is 35.8 Å². The van der Waals surface area contributed by atoms with Gasteiger partial charge in [-0.25, -0.2) is 4.99 Å². The minimum absolute atomic E-state index is 0. The Morgan fingerprint density at radius 2 is 1.92 bits per heavy atom. The zero-order valence-electron chi connectivity index (χ0n) is 13.8. The average molecular weight is 460 g/mol. The van der Waals surface area contributed by atoms with Crippen molar-refractivity contribution in [2.45, 2.75) is 26.4 Å². The third kappa shape index (κ3) is 6.57. The van der Waals surface area contributed by atoms with E-state index in [0.29, 0.717) is 6.54 Å². The second-order valence-corrected chi connectivity index (χ2v) is 5.72. The Kier molecular flexibility index (Phi) is 8.92. The van der Waals surface area contributed by atoms with Crippen LogP contribution in [0.2, 0.25) is 5.02 Å². The summed E-state index contributed by atoms with van der Waals surface area (Å²) in [6, 6.07) is 14.9. The molecule has 3 N–H and O–H groups in total. The van der Waals surface area contributed by atoms with Crippen molar-refractivity contribution >= 4 is 41.5 Å². The van der Waals surface area contributed by atoms with Gasteiger partial charge < -0.3 is 15.7 Å². The Balaban J connectivity index is 0.00000288. The summed E-state index contributed by atoms with van der Waals surface area (Å²) >= 11 is 6.05. The van der Waals surface area contributed by atoms with Crippen LogP contribution in [0.4, 0.5) is 0 Å². The molecule has 0 aliphatic heterocycles. The second-order valence-electron chi connectivity index (χ2n) is 5.28. The lowest BCUT2D eigenvalue weighted by molar-refractivity contribution is 0.475. The first-order valence-electron chi connectivity index (χ1n) is 7.66. The summed E-state index contributed by atoms with van der Waals surface area (Å²) < 4.78 is 0. The molecule has 6 heteroatoms. The molecule has 0 aliphatic rings. The van der Waals surface area contributed by atoms with E-state index in [9.17, 15) is 5.11 Å². The normalized spacial score (nSPS) is 12.2. The standard InChI is InChI=1S/C18H22ClN3O.HI/c1-3-20-18(21-12-14-7-9-17(23)10-8-14)22-13(2)15-5-4-6-16(19)11-15;/h4-11,13,23H,3,12H2,1-2H3,(H2,20,21,22);1H. The Morgan fingerprint density at radius 1 is 1.21 bits per heavy atom. The molecule has 0 bridgehead atoms. The van der Waals surface area contributed by atoms with E-state index in [1.165, 1.54) is 0 Å². The smallest absolute Gasteiger partial charge is 0.192 e. The molecule has 0 aliphatic carbocycles. The molecule has 0 amide bonds. The highest BCUT2D eigenvalue weighted by atomic mass is 127. The predicted molar refractivity (Wildman–Crippen MR) is 111 cm³/mol. The quantitative estimate of drug-likeness (QED) is 0.351. The van der Waals surface area contributed by atoms with Crippen LogP contribution >= 0.6 is 35.6 Å². The Hall–Kier alpha value is -1.47. The molecule has 1 unspecified atom stereocenters. The summed E-state index contributed by atoms with van der Waals surface area (Å²) in [5, 5.41) is 16.6. The molecule has 0 spiro atoms. The zero-order chi connectivity index (χ0) is 16.7. The van der Waals surface area contributed by atoms with Gasteiger partial charge in [0.1, 0.15) is 5.75 Å². The summed E-state index contributed by atoms with van der Waals surface area (Å²) in [6.07, 6.45) is 0. The molecule has 0 aromatic heterocycles. The van der Waals surface area contributed by atoms with Crippen molar-refractivity contribution in [3.63, 3.8) is 0 Å². The van der Waals surface area contributed by atoms with E-state index in [2.05, 4.69) is 22.5 Å². The number of phenolic OH excluding ortho intramolecular Hbond substituents is 1. The molecule has 0 saturated heterocycles. The molecule has 2 aromatic rings. The molecule has 0 fully saturated rings. The number of hydrogen-bond donors (Lipinski definition) is 3. The van der Waals surface area contributed by atoms with Crippen molar-refractivity contribution in [1.82, 2.24) is 10.6 Å². The first kappa shape index (κ1) is 20.6. The first-order chi connectivity index (χ1) is 11.1. The summed E-state index contributed by atoms with van der Waals surface area (Å²) in [7, 11) is 0. The van der Waals surface area contributed by atoms with Crippen molar-refractivity contribution in [3.05, 3.63) is 64.7 Å². The number of phenols is 1. The number of aromatic hydroxyl groups is 1. The third-order valence-electron chi connectivity index (χ3n) is 3.40. The number of aliphatic imine (C=N–C) groups is 1. The van der Waals surface area contributed by atoms with Gasteiger partial charge in [0.2, 0.25) is 0 Å². The molecule has 0 saturated carbocycles. The van der Waals surface area contributed by atoms with Crippen LogP contribution in [0.25, 0.3) is 0 Å². The van der Waals surface area contributed by atoms with E-state index in [4.69, 9.17) is 11.6 Å². The molecule has 24 heavy (non-hydrogen) atoms. The van der Waals surface area contributed by atoms with Crippen LogP contribution in [-0.4, -0.2) is 17.6 Å². The summed E-state index contributed by atoms with van der Waals surface area (Å²) in [6.45, 7) is 5.42. The van der Waals surface area contributed by atoms with E-state index in [1.807, 2.05) is 43.3 Å². The van der Waals surface area contributed by atoms with Gasteiger partial charge >= 0.3 is 0 Å². The number of nitrogens with zero attached hydrogens (tertiary/aromatic N) is 1. The minimum Gasteiger partial charge on any atom is -0.508 e. The van der Waals surface area contributed by atoms with Crippen LogP contribution < -0.4 is 10.6 Å². The lowest BCUT2D eigenvalue weighted by Crippen LogP contribution is -2.38. The van der Waals surface area contributed by atoms with Crippen molar-refractivity contribution in [2.75, 3.05) is 6.54 Å². The molecule has 0 radical (unpaired) electrons. The van der Waals surface area contributed by atoms with Gasteiger partial charge in [-0.3, -0.25) is 0 Å². The lowest BCUT2D eigenvalue weighted by Gasteiger charge is -2.18. The monoisotopic (exact) mass is 459 g/mol. The molecular formula is C18H23ClIN3O. The summed E-state index contributed by atoms with van der Waals surface area (Å²) in [5.41, 5.74) is 2.14. The number of benzene rings is 2. The third-order valence-corrected chi connectivity index (χ3v) is 3.64. The number of nitrogens with one attached hydrogen (secondary N) is 2. The van der Waals surface area contributed by atoms with Gasteiger partial charge in [0, 0.05) is 11.6 Å². The SMILES string of the molecule is CCNC(=NCc1ccc(O)cc1)NC(C)c1cccc(Cl)c1.I. The maximum atomic E-state index is 9.31. The molecule has 2 rings (SSSR count). The highest BCUT2D eigenvalue weighted by Gasteiger charge is 2.08. The Bertz CT molecular complexity index is 662. The largest absolute Gasteiger partial charge is 0.508 e. The number of rotatable bonds is 5. The lowest BCUT2D eigenvalue weighted by atomic mass is 10.1. The van der Waals surface area contributed by atoms with Crippen LogP contribution in [-0.2, 0) is 6.54 Å². The Morgan fingerprint density at radius 3 is 2.54 bits per heavy atom. The Labute approximate surface area is 165 Å². The van der Waals surface area contributed by atoms with Crippen LogP contribution in [0.3, 0.4) is 0 Å². The fourth-order valence-electron chi connectivity index (χ4n) is 2.16. The molecule has 1 atom stereocenters. The number of guanidine groups is 1. The molecule has 2 aromatic carbocycles. The molecule has 0 heterocycles. The summed E-state index contributed by atoms with van der Waals surface area (Å²) in [5.74, 6) is 1.00. The van der Waals surface area contributed by atoms with Crippen LogP contribution in [0.1, 0.15) is 31.0 Å². The van der Waals surface area contributed by atoms with Gasteiger partial charge in [-0.2, -0.15) is 0 Å². The topological polar surface area (TPSA) is 56.7 Å². The highest BCUT2D eigenvalue weighted by Crippen LogP contribution is 2.17.